The molecule has 1 aromatic rings. The predicted octanol–water partition coefficient (Wildman–Crippen LogP) is 2.91. The van der Waals surface area contributed by atoms with Gasteiger partial charge in [-0.2, -0.15) is 13.2 Å². The Bertz CT molecular complexity index is 493. The summed E-state index contributed by atoms with van der Waals surface area (Å²) in [6.07, 6.45) is -2.91. The third kappa shape index (κ3) is 3.67. The number of benzene rings is 1. The molecule has 0 bridgehead atoms. The SMILES string of the molecule is NC(=O)C1CCCN(Sc2ccccc2C(F)(F)F)C1. The van der Waals surface area contributed by atoms with Crippen molar-refractivity contribution in [3.8, 4) is 0 Å². The third-order valence-electron chi connectivity index (χ3n) is 3.21. The molecule has 1 aromatic carbocycles. The summed E-state index contributed by atoms with van der Waals surface area (Å²) in [6.45, 7) is 1.05. The molecule has 1 aliphatic heterocycles. The molecule has 0 aliphatic carbocycles. The van der Waals surface area contributed by atoms with Crippen molar-refractivity contribution in [1.82, 2.24) is 4.31 Å². The zero-order valence-electron chi connectivity index (χ0n) is 10.7. The first-order valence-corrected chi connectivity index (χ1v) is 7.03. The molecule has 2 N–H and O–H groups in total. The van der Waals surface area contributed by atoms with E-state index >= 15 is 0 Å². The molecule has 0 radical (unpaired) electrons. The van der Waals surface area contributed by atoms with Crippen molar-refractivity contribution in [2.75, 3.05) is 13.1 Å². The van der Waals surface area contributed by atoms with Gasteiger partial charge in [-0.25, -0.2) is 4.31 Å². The van der Waals surface area contributed by atoms with E-state index in [0.717, 1.165) is 24.4 Å². The van der Waals surface area contributed by atoms with Crippen molar-refractivity contribution in [3.05, 3.63) is 29.8 Å². The normalized spacial score (nSPS) is 20.9. The Labute approximate surface area is 119 Å². The minimum absolute atomic E-state index is 0.158. The maximum Gasteiger partial charge on any atom is 0.417 e. The maximum atomic E-state index is 12.9. The number of primary amides is 1. The van der Waals surface area contributed by atoms with Crippen molar-refractivity contribution in [1.29, 1.82) is 0 Å². The summed E-state index contributed by atoms with van der Waals surface area (Å²) in [5, 5.41) is 0. The summed E-state index contributed by atoms with van der Waals surface area (Å²) >= 11 is 1.04. The second kappa shape index (κ2) is 6.05. The second-order valence-electron chi connectivity index (χ2n) is 4.71. The van der Waals surface area contributed by atoms with Crippen LogP contribution < -0.4 is 5.73 Å². The van der Waals surface area contributed by atoms with Gasteiger partial charge in [-0.1, -0.05) is 12.1 Å². The molecule has 110 valence electrons. The fraction of sp³-hybridized carbons (Fsp3) is 0.462. The van der Waals surface area contributed by atoms with Crippen molar-refractivity contribution >= 4 is 17.9 Å². The summed E-state index contributed by atoms with van der Waals surface area (Å²) in [4.78, 5) is 11.3. The van der Waals surface area contributed by atoms with Crippen LogP contribution in [0.15, 0.2) is 29.2 Å². The molecule has 0 spiro atoms. The van der Waals surface area contributed by atoms with Crippen molar-refractivity contribution < 1.29 is 18.0 Å². The lowest BCUT2D eigenvalue weighted by molar-refractivity contribution is -0.139. The topological polar surface area (TPSA) is 46.3 Å². The molecule has 1 fully saturated rings. The average molecular weight is 304 g/mol. The molecule has 1 saturated heterocycles. The van der Waals surface area contributed by atoms with Crippen molar-refractivity contribution in [2.45, 2.75) is 23.9 Å². The number of carbonyl (C=O) groups is 1. The first-order chi connectivity index (χ1) is 9.38. The van der Waals surface area contributed by atoms with E-state index < -0.39 is 11.7 Å². The number of nitrogens with zero attached hydrogens (tertiary/aromatic N) is 1. The molecule has 2 rings (SSSR count). The number of carbonyl (C=O) groups excluding carboxylic acids is 1. The average Bonchev–Trinajstić information content (AvgIpc) is 2.38. The lowest BCUT2D eigenvalue weighted by Crippen LogP contribution is -2.37. The molecule has 1 aliphatic rings. The van der Waals surface area contributed by atoms with Gasteiger partial charge in [0.15, 0.2) is 0 Å². The van der Waals surface area contributed by atoms with Gasteiger partial charge in [0.2, 0.25) is 5.91 Å². The lowest BCUT2D eigenvalue weighted by atomic mass is 9.99. The number of hydrogen-bond donors (Lipinski definition) is 1. The van der Waals surface area contributed by atoms with E-state index in [2.05, 4.69) is 0 Å². The maximum absolute atomic E-state index is 12.9. The van der Waals surface area contributed by atoms with E-state index in [1.807, 2.05) is 0 Å². The van der Waals surface area contributed by atoms with Gasteiger partial charge in [-0.05, 0) is 36.9 Å². The number of amides is 1. The van der Waals surface area contributed by atoms with Crippen LogP contribution in [0.5, 0.6) is 0 Å². The van der Waals surface area contributed by atoms with Crippen LogP contribution in [0.4, 0.5) is 13.2 Å². The number of piperidine rings is 1. The quantitative estimate of drug-likeness (QED) is 0.873. The van der Waals surface area contributed by atoms with Crippen LogP contribution in [-0.4, -0.2) is 23.3 Å². The molecule has 3 nitrogen and oxygen atoms in total. The molecular formula is C13H15F3N2OS. The van der Waals surface area contributed by atoms with Crippen LogP contribution in [0.25, 0.3) is 0 Å². The van der Waals surface area contributed by atoms with Gasteiger partial charge in [-0.15, -0.1) is 0 Å². The summed E-state index contributed by atoms with van der Waals surface area (Å²) in [5.41, 5.74) is 4.62. The van der Waals surface area contributed by atoms with Gasteiger partial charge < -0.3 is 5.73 Å². The second-order valence-corrected chi connectivity index (χ2v) is 5.85. The van der Waals surface area contributed by atoms with Gasteiger partial charge >= 0.3 is 6.18 Å². The Morgan fingerprint density at radius 3 is 2.70 bits per heavy atom. The number of hydrogen-bond acceptors (Lipinski definition) is 3. The van der Waals surface area contributed by atoms with Crippen LogP contribution in [0, 0.1) is 5.92 Å². The van der Waals surface area contributed by atoms with Crippen LogP contribution in [0.3, 0.4) is 0 Å². The van der Waals surface area contributed by atoms with Crippen molar-refractivity contribution in [2.24, 2.45) is 11.7 Å². The summed E-state index contributed by atoms with van der Waals surface area (Å²) in [6, 6.07) is 5.46. The molecule has 20 heavy (non-hydrogen) atoms. The fourth-order valence-corrected chi connectivity index (χ4v) is 3.35. The fourth-order valence-electron chi connectivity index (χ4n) is 2.18. The number of rotatable bonds is 3. The van der Waals surface area contributed by atoms with E-state index in [-0.39, 0.29) is 16.7 Å². The minimum Gasteiger partial charge on any atom is -0.369 e. The van der Waals surface area contributed by atoms with Gasteiger partial charge in [0.05, 0.1) is 11.5 Å². The van der Waals surface area contributed by atoms with Crippen LogP contribution in [-0.2, 0) is 11.0 Å². The molecule has 0 saturated carbocycles. The van der Waals surface area contributed by atoms with Gasteiger partial charge in [0.1, 0.15) is 0 Å². The summed E-state index contributed by atoms with van der Waals surface area (Å²) < 4.78 is 40.5. The van der Waals surface area contributed by atoms with Crippen molar-refractivity contribution in [3.63, 3.8) is 0 Å². The monoisotopic (exact) mass is 304 g/mol. The first-order valence-electron chi connectivity index (χ1n) is 6.26. The molecule has 1 heterocycles. The van der Waals surface area contributed by atoms with Crippen LogP contribution in [0.1, 0.15) is 18.4 Å². The van der Waals surface area contributed by atoms with Gasteiger partial charge in [0.25, 0.3) is 0 Å². The molecule has 7 heteroatoms. The molecule has 0 aromatic heterocycles. The Morgan fingerprint density at radius 2 is 2.05 bits per heavy atom. The highest BCUT2D eigenvalue weighted by atomic mass is 32.2. The van der Waals surface area contributed by atoms with E-state index in [4.69, 9.17) is 5.73 Å². The number of alkyl halides is 3. The molecule has 1 amide bonds. The standard InChI is InChI=1S/C13H15F3N2OS/c14-13(15,16)10-5-1-2-6-11(10)20-18-7-3-4-9(8-18)12(17)19/h1-2,5-6,9H,3-4,7-8H2,(H2,17,19). The number of halogens is 3. The minimum atomic E-state index is -4.37. The van der Waals surface area contributed by atoms with E-state index in [9.17, 15) is 18.0 Å². The Hall–Kier alpha value is -1.21. The summed E-state index contributed by atoms with van der Waals surface area (Å²) in [5.74, 6) is -0.672. The zero-order valence-corrected chi connectivity index (χ0v) is 11.5. The highest BCUT2D eigenvalue weighted by Crippen LogP contribution is 2.38. The highest BCUT2D eigenvalue weighted by Gasteiger charge is 2.34. The van der Waals surface area contributed by atoms with Crippen LogP contribution >= 0.6 is 11.9 Å². The highest BCUT2D eigenvalue weighted by molar-refractivity contribution is 7.97. The Kier molecular flexibility index (Phi) is 4.59. The Morgan fingerprint density at radius 1 is 1.35 bits per heavy atom. The first kappa shape index (κ1) is 15.2. The van der Waals surface area contributed by atoms with Gasteiger partial charge in [-0.3, -0.25) is 4.79 Å². The predicted molar refractivity (Wildman–Crippen MR) is 70.8 cm³/mol. The largest absolute Gasteiger partial charge is 0.417 e. The third-order valence-corrected chi connectivity index (χ3v) is 4.35. The van der Waals surface area contributed by atoms with Crippen LogP contribution in [0.2, 0.25) is 0 Å². The van der Waals surface area contributed by atoms with Gasteiger partial charge in [0, 0.05) is 18.0 Å². The lowest BCUT2D eigenvalue weighted by Gasteiger charge is -2.30. The molecule has 1 unspecified atom stereocenters. The summed E-state index contributed by atoms with van der Waals surface area (Å²) in [7, 11) is 0. The Balaban J connectivity index is 2.12. The molecular weight excluding hydrogens is 289 g/mol. The van der Waals surface area contributed by atoms with E-state index in [1.165, 1.54) is 12.1 Å². The smallest absolute Gasteiger partial charge is 0.369 e. The molecule has 1 atom stereocenters. The number of nitrogens with two attached hydrogens (primary N) is 1. The van der Waals surface area contributed by atoms with E-state index in [1.54, 1.807) is 10.4 Å². The zero-order chi connectivity index (χ0) is 14.8. The van der Waals surface area contributed by atoms with E-state index in [0.29, 0.717) is 19.5 Å².